The van der Waals surface area contributed by atoms with Crippen molar-refractivity contribution >= 4 is 54.8 Å². The first-order valence-electron chi connectivity index (χ1n) is 5.14. The lowest BCUT2D eigenvalue weighted by atomic mass is 10.1. The van der Waals surface area contributed by atoms with Gasteiger partial charge in [-0.3, -0.25) is 0 Å². The molecule has 90 valence electrons. The zero-order chi connectivity index (χ0) is 12.6. The van der Waals surface area contributed by atoms with E-state index in [0.29, 0.717) is 0 Å². The second kappa shape index (κ2) is 5.43. The Morgan fingerprint density at radius 2 is 1.88 bits per heavy atom. The van der Waals surface area contributed by atoms with Gasteiger partial charge in [0.15, 0.2) is 0 Å². The SMILES string of the molecule is Cc1cc(Cl)cc(C(Br)c2sc(C)cc2Br)c1. The van der Waals surface area contributed by atoms with Gasteiger partial charge >= 0.3 is 0 Å². The van der Waals surface area contributed by atoms with E-state index in [-0.39, 0.29) is 4.83 Å². The molecular formula is C13H11Br2ClS. The molecule has 0 nitrogen and oxygen atoms in total. The molecule has 0 amide bonds. The number of aryl methyl sites for hydroxylation is 2. The fraction of sp³-hybridized carbons (Fsp3) is 0.231. The molecule has 2 aromatic rings. The van der Waals surface area contributed by atoms with Crippen LogP contribution in [-0.2, 0) is 0 Å². The second-order valence-corrected chi connectivity index (χ2v) is 7.49. The molecule has 1 heterocycles. The van der Waals surface area contributed by atoms with Crippen molar-refractivity contribution in [2.45, 2.75) is 18.7 Å². The quantitative estimate of drug-likeness (QED) is 0.527. The van der Waals surface area contributed by atoms with Gasteiger partial charge < -0.3 is 0 Å². The van der Waals surface area contributed by atoms with Crippen molar-refractivity contribution in [3.05, 3.63) is 54.6 Å². The number of rotatable bonds is 2. The van der Waals surface area contributed by atoms with Gasteiger partial charge in [-0.05, 0) is 59.1 Å². The molecule has 0 aliphatic heterocycles. The summed E-state index contributed by atoms with van der Waals surface area (Å²) in [6.45, 7) is 4.17. The van der Waals surface area contributed by atoms with Gasteiger partial charge in [-0.25, -0.2) is 0 Å². The minimum Gasteiger partial charge on any atom is -0.143 e. The van der Waals surface area contributed by atoms with Crippen LogP contribution in [0.3, 0.4) is 0 Å². The molecule has 0 radical (unpaired) electrons. The first-order chi connectivity index (χ1) is 7.97. The van der Waals surface area contributed by atoms with Gasteiger partial charge in [0.05, 0.1) is 4.83 Å². The maximum absolute atomic E-state index is 6.10. The third-order valence-electron chi connectivity index (χ3n) is 2.42. The topological polar surface area (TPSA) is 0 Å². The lowest BCUT2D eigenvalue weighted by Crippen LogP contribution is -1.91. The van der Waals surface area contributed by atoms with Crippen LogP contribution in [0.15, 0.2) is 28.7 Å². The van der Waals surface area contributed by atoms with Gasteiger partial charge in [-0.15, -0.1) is 11.3 Å². The third kappa shape index (κ3) is 3.14. The molecule has 0 fully saturated rings. The van der Waals surface area contributed by atoms with Gasteiger partial charge in [0, 0.05) is 19.2 Å². The number of hydrogen-bond acceptors (Lipinski definition) is 1. The van der Waals surface area contributed by atoms with Gasteiger partial charge in [-0.2, -0.15) is 0 Å². The van der Waals surface area contributed by atoms with E-state index in [1.165, 1.54) is 20.9 Å². The standard InChI is InChI=1S/C13H11Br2ClS/c1-7-3-9(6-10(16)4-7)12(15)13-11(14)5-8(2)17-13/h3-6,12H,1-2H3. The van der Waals surface area contributed by atoms with Crippen LogP contribution in [0.25, 0.3) is 0 Å². The Bertz CT molecular complexity index is 528. The molecule has 0 bridgehead atoms. The van der Waals surface area contributed by atoms with Crippen molar-refractivity contribution in [3.63, 3.8) is 0 Å². The normalized spacial score (nSPS) is 12.8. The molecule has 0 saturated heterocycles. The van der Waals surface area contributed by atoms with Gasteiger partial charge in [0.1, 0.15) is 0 Å². The van der Waals surface area contributed by atoms with E-state index in [0.717, 1.165) is 9.50 Å². The van der Waals surface area contributed by atoms with Crippen LogP contribution in [0.5, 0.6) is 0 Å². The third-order valence-corrected chi connectivity index (χ3v) is 5.97. The maximum atomic E-state index is 6.10. The number of thiophene rings is 1. The van der Waals surface area contributed by atoms with Crippen molar-refractivity contribution in [2.24, 2.45) is 0 Å². The van der Waals surface area contributed by atoms with Crippen LogP contribution < -0.4 is 0 Å². The van der Waals surface area contributed by atoms with Crippen molar-refractivity contribution in [3.8, 4) is 0 Å². The summed E-state index contributed by atoms with van der Waals surface area (Å²) in [5, 5.41) is 0.786. The summed E-state index contributed by atoms with van der Waals surface area (Å²) in [5.41, 5.74) is 2.37. The Hall–Kier alpha value is 0.170. The summed E-state index contributed by atoms with van der Waals surface area (Å²) < 4.78 is 1.15. The lowest BCUT2D eigenvalue weighted by Gasteiger charge is -2.10. The van der Waals surface area contributed by atoms with Crippen molar-refractivity contribution in [2.75, 3.05) is 0 Å². The fourth-order valence-corrected chi connectivity index (χ4v) is 5.02. The molecule has 1 atom stereocenters. The first-order valence-corrected chi connectivity index (χ1v) is 8.04. The molecule has 0 aliphatic carbocycles. The first kappa shape index (κ1) is 13.6. The zero-order valence-corrected chi connectivity index (χ0v) is 14.2. The predicted molar refractivity (Wildman–Crippen MR) is 83.7 cm³/mol. The van der Waals surface area contributed by atoms with Crippen LogP contribution in [0, 0.1) is 13.8 Å². The van der Waals surface area contributed by atoms with Crippen LogP contribution in [-0.4, -0.2) is 0 Å². The Labute approximate surface area is 127 Å². The molecular weight excluding hydrogens is 383 g/mol. The van der Waals surface area contributed by atoms with E-state index in [1.807, 2.05) is 12.1 Å². The molecule has 1 unspecified atom stereocenters. The Morgan fingerprint density at radius 3 is 2.41 bits per heavy atom. The number of alkyl halides is 1. The minimum atomic E-state index is 0.188. The molecule has 2 rings (SSSR count). The molecule has 0 aliphatic rings. The summed E-state index contributed by atoms with van der Waals surface area (Å²) in [4.78, 5) is 2.77. The Balaban J connectivity index is 2.43. The molecule has 4 heteroatoms. The van der Waals surface area contributed by atoms with Crippen molar-refractivity contribution < 1.29 is 0 Å². The average molecular weight is 395 g/mol. The van der Waals surface area contributed by atoms with Gasteiger partial charge in [-0.1, -0.05) is 33.6 Å². The van der Waals surface area contributed by atoms with E-state index < -0.39 is 0 Å². The van der Waals surface area contributed by atoms with Crippen LogP contribution in [0.4, 0.5) is 0 Å². The molecule has 0 N–H and O–H groups in total. The summed E-state index contributed by atoms with van der Waals surface area (Å²) in [5.74, 6) is 0. The smallest absolute Gasteiger partial charge is 0.0750 e. The van der Waals surface area contributed by atoms with E-state index in [2.05, 4.69) is 57.8 Å². The molecule has 1 aromatic carbocycles. The number of benzene rings is 1. The highest BCUT2D eigenvalue weighted by molar-refractivity contribution is 9.11. The fourth-order valence-electron chi connectivity index (χ4n) is 1.74. The Kier molecular flexibility index (Phi) is 4.35. The minimum absolute atomic E-state index is 0.188. The predicted octanol–water partition coefficient (Wildman–Crippen LogP) is 6.27. The zero-order valence-electron chi connectivity index (χ0n) is 9.43. The maximum Gasteiger partial charge on any atom is 0.0750 e. The monoisotopic (exact) mass is 392 g/mol. The van der Waals surface area contributed by atoms with E-state index in [9.17, 15) is 0 Å². The molecule has 0 saturated carbocycles. The average Bonchev–Trinajstić information content (AvgIpc) is 2.55. The van der Waals surface area contributed by atoms with E-state index >= 15 is 0 Å². The van der Waals surface area contributed by atoms with Crippen LogP contribution in [0.1, 0.15) is 25.7 Å². The lowest BCUT2D eigenvalue weighted by molar-refractivity contribution is 1.20. The largest absolute Gasteiger partial charge is 0.143 e. The Morgan fingerprint density at radius 1 is 1.18 bits per heavy atom. The highest BCUT2D eigenvalue weighted by Crippen LogP contribution is 2.41. The summed E-state index contributed by atoms with van der Waals surface area (Å²) in [6, 6.07) is 8.29. The van der Waals surface area contributed by atoms with E-state index in [4.69, 9.17) is 11.6 Å². The summed E-state index contributed by atoms with van der Waals surface area (Å²) in [7, 11) is 0. The summed E-state index contributed by atoms with van der Waals surface area (Å²) >= 11 is 15.2. The number of halogens is 3. The highest BCUT2D eigenvalue weighted by atomic mass is 79.9. The van der Waals surface area contributed by atoms with Gasteiger partial charge in [0.25, 0.3) is 0 Å². The van der Waals surface area contributed by atoms with Crippen molar-refractivity contribution in [1.29, 1.82) is 0 Å². The molecule has 17 heavy (non-hydrogen) atoms. The molecule has 1 aromatic heterocycles. The van der Waals surface area contributed by atoms with Crippen LogP contribution >= 0.6 is 54.8 Å². The summed E-state index contributed by atoms with van der Waals surface area (Å²) in [6.07, 6.45) is 0. The van der Waals surface area contributed by atoms with Gasteiger partial charge in [0.2, 0.25) is 0 Å². The van der Waals surface area contributed by atoms with Crippen LogP contribution in [0.2, 0.25) is 5.02 Å². The molecule has 0 spiro atoms. The van der Waals surface area contributed by atoms with Crippen molar-refractivity contribution in [1.82, 2.24) is 0 Å². The second-order valence-electron chi connectivity index (χ2n) is 3.99. The number of hydrogen-bond donors (Lipinski definition) is 0. The highest BCUT2D eigenvalue weighted by Gasteiger charge is 2.16. The van der Waals surface area contributed by atoms with E-state index in [1.54, 1.807) is 11.3 Å².